The van der Waals surface area contributed by atoms with Crippen LogP contribution in [0.3, 0.4) is 0 Å². The predicted molar refractivity (Wildman–Crippen MR) is 118 cm³/mol. The molecule has 0 radical (unpaired) electrons. The molecule has 0 saturated carbocycles. The molecule has 1 saturated heterocycles. The van der Waals surface area contributed by atoms with Gasteiger partial charge in [-0.05, 0) is 70.8 Å². The number of Topliss-reactive ketones (excluding diaryl/α,β-unsaturated/α-hetero) is 1. The smallest absolute Gasteiger partial charge is 0.225 e. The van der Waals surface area contributed by atoms with Gasteiger partial charge in [-0.15, -0.1) is 0 Å². The fraction of sp³-hybridized carbons (Fsp3) is 0.522. The molecule has 1 unspecified atom stereocenters. The number of aromatic nitrogens is 2. The maximum absolute atomic E-state index is 12.3. The molecule has 0 bridgehead atoms. The number of carbonyl (C=O) groups excluding carboxylic acids is 2. The third-order valence-electron chi connectivity index (χ3n) is 5.74. The third-order valence-corrected chi connectivity index (χ3v) is 5.74. The molecule has 1 aromatic carbocycles. The van der Waals surface area contributed by atoms with Gasteiger partial charge in [-0.2, -0.15) is 5.10 Å². The number of unbranched alkanes of at least 4 members (excludes halogenated alkanes) is 1. The van der Waals surface area contributed by atoms with E-state index in [9.17, 15) is 9.59 Å². The monoisotopic (exact) mass is 412 g/mol. The second-order valence-corrected chi connectivity index (χ2v) is 7.98. The van der Waals surface area contributed by atoms with Crippen molar-refractivity contribution in [3.63, 3.8) is 0 Å². The summed E-state index contributed by atoms with van der Waals surface area (Å²) in [6.07, 6.45) is 5.37. The van der Waals surface area contributed by atoms with Crippen LogP contribution in [0, 0.1) is 5.92 Å². The molecule has 2 N–H and O–H groups in total. The van der Waals surface area contributed by atoms with E-state index in [1.54, 1.807) is 14.0 Å². The third kappa shape index (κ3) is 6.42. The number of anilines is 1. The Kier molecular flexibility index (Phi) is 8.02. The van der Waals surface area contributed by atoms with E-state index in [1.165, 1.54) is 0 Å². The van der Waals surface area contributed by atoms with Crippen LogP contribution in [-0.4, -0.2) is 53.5 Å². The molecule has 1 atom stereocenters. The Bertz CT molecular complexity index is 848. The molecule has 1 aromatic heterocycles. The fourth-order valence-electron chi connectivity index (χ4n) is 3.94. The molecule has 30 heavy (non-hydrogen) atoms. The number of hydrogen-bond acceptors (Lipinski definition) is 5. The maximum Gasteiger partial charge on any atom is 0.225 e. The number of ether oxygens (including phenoxy) is 1. The van der Waals surface area contributed by atoms with Crippen molar-refractivity contribution in [2.45, 2.75) is 45.4 Å². The van der Waals surface area contributed by atoms with Crippen molar-refractivity contribution < 1.29 is 14.3 Å². The van der Waals surface area contributed by atoms with Crippen LogP contribution in [0.4, 0.5) is 5.82 Å². The number of rotatable bonds is 9. The fourth-order valence-corrected chi connectivity index (χ4v) is 3.94. The van der Waals surface area contributed by atoms with Crippen LogP contribution in [0.2, 0.25) is 0 Å². The van der Waals surface area contributed by atoms with Crippen LogP contribution in [0.25, 0.3) is 11.3 Å². The summed E-state index contributed by atoms with van der Waals surface area (Å²) >= 11 is 0. The van der Waals surface area contributed by atoms with Crippen LogP contribution >= 0.6 is 0 Å². The van der Waals surface area contributed by atoms with E-state index in [2.05, 4.69) is 20.4 Å². The Balaban J connectivity index is 1.38. The van der Waals surface area contributed by atoms with Gasteiger partial charge in [0.15, 0.2) is 0 Å². The zero-order valence-corrected chi connectivity index (χ0v) is 17.9. The van der Waals surface area contributed by atoms with Crippen LogP contribution in [0.1, 0.15) is 45.4 Å². The molecule has 1 aliphatic rings. The Morgan fingerprint density at radius 3 is 2.90 bits per heavy atom. The van der Waals surface area contributed by atoms with Crippen molar-refractivity contribution in [3.05, 3.63) is 30.3 Å². The van der Waals surface area contributed by atoms with Gasteiger partial charge in [0.2, 0.25) is 5.91 Å². The summed E-state index contributed by atoms with van der Waals surface area (Å²) < 4.78 is 5.24. The summed E-state index contributed by atoms with van der Waals surface area (Å²) in [6.45, 7) is 4.73. The summed E-state index contributed by atoms with van der Waals surface area (Å²) in [5.74, 6) is 1.91. The second-order valence-electron chi connectivity index (χ2n) is 7.98. The van der Waals surface area contributed by atoms with Gasteiger partial charge in [0.05, 0.1) is 12.8 Å². The molecule has 2 heterocycles. The minimum Gasteiger partial charge on any atom is -0.497 e. The van der Waals surface area contributed by atoms with Gasteiger partial charge in [-0.1, -0.05) is 12.1 Å². The van der Waals surface area contributed by atoms with E-state index in [-0.39, 0.29) is 11.8 Å². The largest absolute Gasteiger partial charge is 0.497 e. The van der Waals surface area contributed by atoms with E-state index < -0.39 is 0 Å². The van der Waals surface area contributed by atoms with Gasteiger partial charge in [0, 0.05) is 24.0 Å². The number of ketones is 1. The SMILES string of the molecule is COc1cccc(-c2cc(NC(=O)CCCCN3CCCC(C(C)=O)CC3)[nH]n2)c1. The molecule has 162 valence electrons. The Morgan fingerprint density at radius 1 is 1.23 bits per heavy atom. The standard InChI is InChI=1S/C23H32N4O3/c1-17(28)18-8-6-13-27(14-11-18)12-4-3-10-23(29)24-22-16-21(25-26-22)19-7-5-9-20(15-19)30-2/h5,7,9,15-16,18H,3-4,6,8,10-14H2,1-2H3,(H2,24,25,26,29). The lowest BCUT2D eigenvalue weighted by atomic mass is 9.97. The lowest BCUT2D eigenvalue weighted by molar-refractivity contribution is -0.121. The van der Waals surface area contributed by atoms with Gasteiger partial charge >= 0.3 is 0 Å². The number of carbonyl (C=O) groups is 2. The summed E-state index contributed by atoms with van der Waals surface area (Å²) in [6, 6.07) is 9.47. The average molecular weight is 413 g/mol. The molecule has 0 aliphatic carbocycles. The number of methoxy groups -OCH3 is 1. The van der Waals surface area contributed by atoms with Crippen LogP contribution < -0.4 is 10.1 Å². The number of aromatic amines is 1. The molecular weight excluding hydrogens is 380 g/mol. The number of benzene rings is 1. The van der Waals surface area contributed by atoms with Crippen molar-refractivity contribution in [2.75, 3.05) is 32.1 Å². The number of H-pyrrole nitrogens is 1. The van der Waals surface area contributed by atoms with Gasteiger partial charge in [0.25, 0.3) is 0 Å². The lowest BCUT2D eigenvalue weighted by Crippen LogP contribution is -2.26. The van der Waals surface area contributed by atoms with Gasteiger partial charge in [-0.3, -0.25) is 14.7 Å². The van der Waals surface area contributed by atoms with E-state index in [1.807, 2.05) is 30.3 Å². The van der Waals surface area contributed by atoms with Crippen LogP contribution in [-0.2, 0) is 9.59 Å². The Hall–Kier alpha value is -2.67. The summed E-state index contributed by atoms with van der Waals surface area (Å²) in [5.41, 5.74) is 1.68. The van der Waals surface area contributed by atoms with E-state index in [4.69, 9.17) is 4.74 Å². The van der Waals surface area contributed by atoms with Crippen LogP contribution in [0.15, 0.2) is 30.3 Å². The number of likely N-dealkylation sites (tertiary alicyclic amines) is 1. The first-order chi connectivity index (χ1) is 14.5. The number of nitrogens with zero attached hydrogens (tertiary/aromatic N) is 2. The first kappa shape index (κ1) is 22.0. The summed E-state index contributed by atoms with van der Waals surface area (Å²) in [5, 5.41) is 10.0. The van der Waals surface area contributed by atoms with Crippen molar-refractivity contribution in [1.29, 1.82) is 0 Å². The molecule has 1 aliphatic heterocycles. The first-order valence-corrected chi connectivity index (χ1v) is 10.8. The Labute approximate surface area is 178 Å². The van der Waals surface area contributed by atoms with Crippen molar-refractivity contribution in [1.82, 2.24) is 15.1 Å². The van der Waals surface area contributed by atoms with Gasteiger partial charge in [0.1, 0.15) is 17.4 Å². The highest BCUT2D eigenvalue weighted by Gasteiger charge is 2.19. The minimum atomic E-state index is -0.0108. The summed E-state index contributed by atoms with van der Waals surface area (Å²) in [4.78, 5) is 26.3. The molecule has 1 amide bonds. The van der Waals surface area contributed by atoms with Crippen molar-refractivity contribution in [2.24, 2.45) is 5.92 Å². The minimum absolute atomic E-state index is 0.0108. The highest BCUT2D eigenvalue weighted by atomic mass is 16.5. The second kappa shape index (κ2) is 10.9. The molecule has 7 heteroatoms. The predicted octanol–water partition coefficient (Wildman–Crippen LogP) is 3.89. The molecule has 1 fully saturated rings. The highest BCUT2D eigenvalue weighted by molar-refractivity contribution is 5.90. The molecule has 0 spiro atoms. The molecule has 3 rings (SSSR count). The van der Waals surface area contributed by atoms with Gasteiger partial charge < -0.3 is 15.0 Å². The quantitative estimate of drug-likeness (QED) is 0.610. The summed E-state index contributed by atoms with van der Waals surface area (Å²) in [7, 11) is 1.63. The van der Waals surface area contributed by atoms with Crippen LogP contribution in [0.5, 0.6) is 5.75 Å². The zero-order chi connectivity index (χ0) is 21.3. The van der Waals surface area contributed by atoms with Crippen molar-refractivity contribution in [3.8, 4) is 17.0 Å². The lowest BCUT2D eigenvalue weighted by Gasteiger charge is -2.19. The molecule has 7 nitrogen and oxygen atoms in total. The normalized spacial score (nSPS) is 17.3. The van der Waals surface area contributed by atoms with E-state index in [0.717, 1.165) is 68.7 Å². The molecular formula is C23H32N4O3. The van der Waals surface area contributed by atoms with Crippen molar-refractivity contribution >= 4 is 17.5 Å². The van der Waals surface area contributed by atoms with E-state index in [0.29, 0.717) is 18.0 Å². The topological polar surface area (TPSA) is 87.3 Å². The average Bonchev–Trinajstić information content (AvgIpc) is 3.07. The van der Waals surface area contributed by atoms with E-state index >= 15 is 0 Å². The Morgan fingerprint density at radius 2 is 2.10 bits per heavy atom. The number of nitrogens with one attached hydrogen (secondary N) is 2. The first-order valence-electron chi connectivity index (χ1n) is 10.8. The number of hydrogen-bond donors (Lipinski definition) is 2. The maximum atomic E-state index is 12.3. The number of amides is 1. The highest BCUT2D eigenvalue weighted by Crippen LogP contribution is 2.24. The zero-order valence-electron chi connectivity index (χ0n) is 17.9. The molecule has 2 aromatic rings. The van der Waals surface area contributed by atoms with Gasteiger partial charge in [-0.25, -0.2) is 0 Å².